The molecule has 0 aliphatic rings. The molecule has 1 N–H and O–H groups in total. The monoisotopic (exact) mass is 237 g/mol. The van der Waals surface area contributed by atoms with Crippen LogP contribution in [-0.4, -0.2) is 30.8 Å². The lowest BCUT2D eigenvalue weighted by Crippen LogP contribution is -2.23. The molecule has 90 valence electrons. The molecule has 0 aromatic carbocycles. The molecular weight excluding hydrogens is 227 g/mol. The first-order chi connectivity index (χ1) is 7.20. The highest BCUT2D eigenvalue weighted by atomic mass is 19.4. The Labute approximate surface area is 89.6 Å². The minimum absolute atomic E-state index is 0.210. The Hall–Kier alpha value is -1.66. The maximum Gasteiger partial charge on any atom is 0.454 e. The lowest BCUT2D eigenvalue weighted by molar-refractivity contribution is -0.165. The van der Waals surface area contributed by atoms with Crippen molar-refractivity contribution in [3.63, 3.8) is 0 Å². The van der Waals surface area contributed by atoms with E-state index in [9.17, 15) is 22.8 Å². The van der Waals surface area contributed by atoms with Crippen LogP contribution in [0.5, 0.6) is 0 Å². The second kappa shape index (κ2) is 5.43. The molecule has 0 rings (SSSR count). The van der Waals surface area contributed by atoms with Gasteiger partial charge in [0.05, 0.1) is 7.11 Å². The van der Waals surface area contributed by atoms with E-state index < -0.39 is 23.8 Å². The maximum atomic E-state index is 11.8. The molecule has 1 atom stereocenters. The Morgan fingerprint density at radius 2 is 1.88 bits per heavy atom. The first kappa shape index (κ1) is 14.3. The number of esters is 1. The maximum absolute atomic E-state index is 11.8. The van der Waals surface area contributed by atoms with Gasteiger partial charge in [-0.1, -0.05) is 6.08 Å². The van der Waals surface area contributed by atoms with Crippen molar-refractivity contribution in [2.75, 3.05) is 7.11 Å². The summed E-state index contributed by atoms with van der Waals surface area (Å²) >= 11 is 0. The van der Waals surface area contributed by atoms with E-state index in [0.717, 1.165) is 7.11 Å². The van der Waals surface area contributed by atoms with Crippen LogP contribution < -0.4 is 0 Å². The summed E-state index contributed by atoms with van der Waals surface area (Å²) in [5, 5.41) is 7.14. The van der Waals surface area contributed by atoms with Crippen LogP contribution in [0.2, 0.25) is 0 Å². The molecule has 0 aliphatic carbocycles. The summed E-state index contributed by atoms with van der Waals surface area (Å²) < 4.78 is 39.7. The number of methoxy groups -OCH3 is 1. The summed E-state index contributed by atoms with van der Waals surface area (Å²) in [7, 11) is 1.04. The fourth-order valence-corrected chi connectivity index (χ4v) is 0.805. The van der Waals surface area contributed by atoms with Crippen molar-refractivity contribution in [1.29, 1.82) is 5.41 Å². The average Bonchev–Trinajstić information content (AvgIpc) is 2.15. The highest BCUT2D eigenvalue weighted by molar-refractivity contribution is 6.03. The molecule has 0 radical (unpaired) electrons. The standard InChI is InChI=1S/C9H10F3NO3/c1-5(13)6(8(15)16-2)3-4-7(14)9(10,11)12/h3-4,6,13H,1-2H3/b4-3+,13-5?. The van der Waals surface area contributed by atoms with Gasteiger partial charge in [-0.3, -0.25) is 9.59 Å². The summed E-state index contributed by atoms with van der Waals surface area (Å²) in [6.07, 6.45) is -4.06. The number of rotatable bonds is 4. The molecule has 0 amide bonds. The summed E-state index contributed by atoms with van der Waals surface area (Å²) in [5.74, 6) is -4.24. The molecule has 0 bridgehead atoms. The van der Waals surface area contributed by atoms with Gasteiger partial charge in [-0.2, -0.15) is 13.2 Å². The van der Waals surface area contributed by atoms with Crippen LogP contribution in [0, 0.1) is 11.3 Å². The van der Waals surface area contributed by atoms with Gasteiger partial charge in [0.1, 0.15) is 5.92 Å². The molecule has 0 heterocycles. The van der Waals surface area contributed by atoms with Crippen LogP contribution in [0.15, 0.2) is 12.2 Å². The van der Waals surface area contributed by atoms with Crippen LogP contribution in [0.25, 0.3) is 0 Å². The smallest absolute Gasteiger partial charge is 0.454 e. The number of hydrogen-bond donors (Lipinski definition) is 1. The average molecular weight is 237 g/mol. The van der Waals surface area contributed by atoms with Crippen molar-refractivity contribution in [2.45, 2.75) is 13.1 Å². The van der Waals surface area contributed by atoms with E-state index in [2.05, 4.69) is 4.74 Å². The molecule has 4 nitrogen and oxygen atoms in total. The quantitative estimate of drug-likeness (QED) is 0.457. The lowest BCUT2D eigenvalue weighted by Gasteiger charge is -2.08. The summed E-state index contributed by atoms with van der Waals surface area (Å²) in [6, 6.07) is 0. The zero-order valence-electron chi connectivity index (χ0n) is 8.59. The second-order valence-electron chi connectivity index (χ2n) is 2.90. The fraction of sp³-hybridized carbons (Fsp3) is 0.444. The van der Waals surface area contributed by atoms with Gasteiger partial charge in [-0.15, -0.1) is 0 Å². The molecule has 16 heavy (non-hydrogen) atoms. The number of hydrogen-bond acceptors (Lipinski definition) is 4. The van der Waals surface area contributed by atoms with Gasteiger partial charge in [-0.25, -0.2) is 0 Å². The van der Waals surface area contributed by atoms with Crippen molar-refractivity contribution in [3.05, 3.63) is 12.2 Å². The molecule has 0 saturated heterocycles. The van der Waals surface area contributed by atoms with Gasteiger partial charge in [0.2, 0.25) is 0 Å². The number of nitrogens with one attached hydrogen (secondary N) is 1. The van der Waals surface area contributed by atoms with Crippen LogP contribution in [0.1, 0.15) is 6.92 Å². The largest absolute Gasteiger partial charge is 0.468 e. The van der Waals surface area contributed by atoms with E-state index in [1.165, 1.54) is 6.92 Å². The highest BCUT2D eigenvalue weighted by Crippen LogP contribution is 2.17. The number of ether oxygens (including phenoxy) is 1. The van der Waals surface area contributed by atoms with Gasteiger partial charge in [0.15, 0.2) is 0 Å². The van der Waals surface area contributed by atoms with E-state index >= 15 is 0 Å². The topological polar surface area (TPSA) is 67.2 Å². The third-order valence-corrected chi connectivity index (χ3v) is 1.64. The fourth-order valence-electron chi connectivity index (χ4n) is 0.805. The highest BCUT2D eigenvalue weighted by Gasteiger charge is 2.36. The molecule has 0 aliphatic heterocycles. The molecule has 0 fully saturated rings. The predicted octanol–water partition coefficient (Wildman–Crippen LogP) is 1.50. The van der Waals surface area contributed by atoms with E-state index in [-0.39, 0.29) is 11.8 Å². The van der Waals surface area contributed by atoms with Crippen LogP contribution in [0.4, 0.5) is 13.2 Å². The Bertz CT molecular complexity index is 333. The minimum Gasteiger partial charge on any atom is -0.468 e. The van der Waals surface area contributed by atoms with Crippen molar-refractivity contribution >= 4 is 17.5 Å². The Kier molecular flexibility index (Phi) is 4.87. The number of alkyl halides is 3. The third-order valence-electron chi connectivity index (χ3n) is 1.64. The van der Waals surface area contributed by atoms with Gasteiger partial charge >= 0.3 is 12.1 Å². The Balaban J connectivity index is 4.78. The number of carbonyl (C=O) groups excluding carboxylic acids is 2. The SMILES string of the molecule is COC(=O)C(/C=C/C(=O)C(F)(F)F)C(C)=N. The first-order valence-electron chi connectivity index (χ1n) is 4.12. The summed E-state index contributed by atoms with van der Waals surface area (Å²) in [4.78, 5) is 21.5. The van der Waals surface area contributed by atoms with E-state index in [4.69, 9.17) is 5.41 Å². The Morgan fingerprint density at radius 3 is 2.19 bits per heavy atom. The number of ketones is 1. The van der Waals surface area contributed by atoms with Crippen molar-refractivity contribution in [2.24, 2.45) is 5.92 Å². The van der Waals surface area contributed by atoms with E-state index in [1.807, 2.05) is 0 Å². The van der Waals surface area contributed by atoms with Gasteiger partial charge in [-0.05, 0) is 13.0 Å². The van der Waals surface area contributed by atoms with Crippen LogP contribution in [-0.2, 0) is 14.3 Å². The second-order valence-corrected chi connectivity index (χ2v) is 2.90. The molecule has 7 heteroatoms. The number of carbonyl (C=O) groups is 2. The van der Waals surface area contributed by atoms with E-state index in [0.29, 0.717) is 6.08 Å². The minimum atomic E-state index is -4.98. The summed E-state index contributed by atoms with van der Waals surface area (Å²) in [6.45, 7) is 1.23. The molecule has 0 saturated carbocycles. The van der Waals surface area contributed by atoms with Crippen molar-refractivity contribution in [3.8, 4) is 0 Å². The Morgan fingerprint density at radius 1 is 1.38 bits per heavy atom. The van der Waals surface area contributed by atoms with E-state index in [1.54, 1.807) is 0 Å². The normalized spacial score (nSPS) is 13.6. The first-order valence-corrected chi connectivity index (χ1v) is 4.12. The molecule has 1 unspecified atom stereocenters. The number of allylic oxidation sites excluding steroid dienone is 1. The van der Waals surface area contributed by atoms with Crippen molar-refractivity contribution in [1.82, 2.24) is 0 Å². The van der Waals surface area contributed by atoms with Crippen molar-refractivity contribution < 1.29 is 27.5 Å². The van der Waals surface area contributed by atoms with Gasteiger partial charge < -0.3 is 10.1 Å². The zero-order chi connectivity index (χ0) is 12.9. The number of halogens is 3. The summed E-state index contributed by atoms with van der Waals surface area (Å²) in [5.41, 5.74) is -0.210. The molecule has 0 aromatic heterocycles. The molecule has 0 aromatic rings. The zero-order valence-corrected chi connectivity index (χ0v) is 8.59. The van der Waals surface area contributed by atoms with Crippen LogP contribution >= 0.6 is 0 Å². The van der Waals surface area contributed by atoms with Gasteiger partial charge in [0.25, 0.3) is 5.78 Å². The van der Waals surface area contributed by atoms with Gasteiger partial charge in [0, 0.05) is 5.71 Å². The molecular formula is C9H10F3NO3. The third kappa shape index (κ3) is 4.24. The predicted molar refractivity (Wildman–Crippen MR) is 49.1 cm³/mol. The van der Waals surface area contributed by atoms with Crippen LogP contribution in [0.3, 0.4) is 0 Å². The lowest BCUT2D eigenvalue weighted by atomic mass is 10.0. The molecule has 0 spiro atoms.